The van der Waals surface area contributed by atoms with E-state index in [0.29, 0.717) is 35.6 Å². The topological polar surface area (TPSA) is 74.8 Å². The van der Waals surface area contributed by atoms with E-state index in [9.17, 15) is 4.79 Å². The lowest BCUT2D eigenvalue weighted by Crippen LogP contribution is -2.42. The Balaban J connectivity index is 2.32. The summed E-state index contributed by atoms with van der Waals surface area (Å²) in [7, 11) is 1.67. The third-order valence-electron chi connectivity index (χ3n) is 2.77. The molecule has 0 heterocycles. The fourth-order valence-corrected chi connectivity index (χ4v) is 2.20. The lowest BCUT2D eigenvalue weighted by atomic mass is 10.2. The first kappa shape index (κ1) is 20.4. The van der Waals surface area contributed by atoms with Crippen LogP contribution in [-0.4, -0.2) is 37.8 Å². The second-order valence-electron chi connectivity index (χ2n) is 6.02. The van der Waals surface area contributed by atoms with Crippen LogP contribution < -0.4 is 16.0 Å². The molecule has 24 heavy (non-hydrogen) atoms. The molecule has 6 nitrogen and oxygen atoms in total. The summed E-state index contributed by atoms with van der Waals surface area (Å²) < 4.78 is 5.15. The molecule has 0 radical (unpaired) electrons. The van der Waals surface area contributed by atoms with Crippen molar-refractivity contribution in [3.63, 3.8) is 0 Å². The van der Waals surface area contributed by atoms with Crippen molar-refractivity contribution < 1.29 is 9.53 Å². The predicted molar refractivity (Wildman–Crippen MR) is 98.9 cm³/mol. The quantitative estimate of drug-likeness (QED) is 0.420. The number of alkyl carbamates (subject to hydrolysis) is 1. The molecule has 0 saturated carbocycles. The van der Waals surface area contributed by atoms with E-state index in [2.05, 4.69) is 20.9 Å². The molecule has 1 aromatic carbocycles. The normalized spacial score (nSPS) is 11.8. The molecule has 1 aromatic rings. The van der Waals surface area contributed by atoms with Crippen LogP contribution in [0.15, 0.2) is 23.2 Å². The minimum Gasteiger partial charge on any atom is -0.444 e. The van der Waals surface area contributed by atoms with E-state index in [1.807, 2.05) is 26.8 Å². The minimum absolute atomic E-state index is 0.414. The minimum atomic E-state index is -0.507. The van der Waals surface area contributed by atoms with Gasteiger partial charge in [-0.2, -0.15) is 0 Å². The van der Waals surface area contributed by atoms with Crippen LogP contribution >= 0.6 is 23.2 Å². The number of aliphatic imine (C=N–C) groups is 1. The summed E-state index contributed by atoms with van der Waals surface area (Å²) >= 11 is 12.0. The Morgan fingerprint density at radius 3 is 2.42 bits per heavy atom. The molecule has 1 amide bonds. The Bertz CT molecular complexity index is 586. The maximum Gasteiger partial charge on any atom is 0.407 e. The highest BCUT2D eigenvalue weighted by Crippen LogP contribution is 2.20. The van der Waals surface area contributed by atoms with Crippen LogP contribution in [0.25, 0.3) is 0 Å². The molecule has 0 saturated heterocycles. The highest BCUT2D eigenvalue weighted by atomic mass is 35.5. The first-order valence-electron chi connectivity index (χ1n) is 7.56. The fraction of sp³-hybridized carbons (Fsp3) is 0.500. The van der Waals surface area contributed by atoms with Crippen LogP contribution in [0.4, 0.5) is 4.79 Å². The van der Waals surface area contributed by atoms with Crippen molar-refractivity contribution in [3.8, 4) is 0 Å². The highest BCUT2D eigenvalue weighted by Gasteiger charge is 2.15. The van der Waals surface area contributed by atoms with Crippen LogP contribution in [0, 0.1) is 0 Å². The molecule has 3 N–H and O–H groups in total. The summed E-state index contributed by atoms with van der Waals surface area (Å²) in [6.07, 6.45) is -0.444. The van der Waals surface area contributed by atoms with Gasteiger partial charge in [-0.05, 0) is 38.5 Å². The third kappa shape index (κ3) is 8.26. The maximum atomic E-state index is 11.5. The summed E-state index contributed by atoms with van der Waals surface area (Å²) in [5.41, 5.74) is 0.406. The summed E-state index contributed by atoms with van der Waals surface area (Å²) in [4.78, 5) is 15.6. The first-order chi connectivity index (χ1) is 11.2. The standard InChI is InChI=1S/C16H24Cl2N4O2/c1-16(2,3)24-15(23)21-8-7-20-14(19-4)22-10-11-5-6-12(17)9-13(11)18/h5-6,9H,7-8,10H2,1-4H3,(H,21,23)(H2,19,20,22). The summed E-state index contributed by atoms with van der Waals surface area (Å²) in [6, 6.07) is 5.33. The van der Waals surface area contributed by atoms with E-state index in [4.69, 9.17) is 27.9 Å². The predicted octanol–water partition coefficient (Wildman–Crippen LogP) is 3.18. The number of rotatable bonds is 5. The molecule has 134 valence electrons. The number of halogens is 2. The number of nitrogens with zero attached hydrogens (tertiary/aromatic N) is 1. The molecular weight excluding hydrogens is 351 g/mol. The Labute approximate surface area is 153 Å². The molecule has 8 heteroatoms. The largest absolute Gasteiger partial charge is 0.444 e. The van der Waals surface area contributed by atoms with Gasteiger partial charge in [0.05, 0.1) is 0 Å². The number of benzene rings is 1. The second kappa shape index (κ2) is 9.59. The molecule has 0 bridgehead atoms. The van der Waals surface area contributed by atoms with Gasteiger partial charge in [0.15, 0.2) is 5.96 Å². The van der Waals surface area contributed by atoms with Crippen molar-refractivity contribution >= 4 is 35.3 Å². The van der Waals surface area contributed by atoms with Crippen molar-refractivity contribution in [1.82, 2.24) is 16.0 Å². The monoisotopic (exact) mass is 374 g/mol. The van der Waals surface area contributed by atoms with E-state index in [1.54, 1.807) is 19.2 Å². The molecule has 0 atom stereocenters. The summed E-state index contributed by atoms with van der Waals surface area (Å²) in [5, 5.41) is 10.1. The number of carbonyl (C=O) groups is 1. The van der Waals surface area contributed by atoms with Crippen LogP contribution in [-0.2, 0) is 11.3 Å². The number of guanidine groups is 1. The second-order valence-corrected chi connectivity index (χ2v) is 6.86. The zero-order valence-electron chi connectivity index (χ0n) is 14.4. The van der Waals surface area contributed by atoms with Gasteiger partial charge >= 0.3 is 6.09 Å². The SMILES string of the molecule is CN=C(NCCNC(=O)OC(C)(C)C)NCc1ccc(Cl)cc1Cl. The van der Waals surface area contributed by atoms with Gasteiger partial charge in [0.25, 0.3) is 0 Å². The molecule has 0 spiro atoms. The van der Waals surface area contributed by atoms with Gasteiger partial charge in [-0.1, -0.05) is 29.3 Å². The van der Waals surface area contributed by atoms with Crippen molar-refractivity contribution in [2.24, 2.45) is 4.99 Å². The molecular formula is C16H24Cl2N4O2. The highest BCUT2D eigenvalue weighted by molar-refractivity contribution is 6.35. The average molecular weight is 375 g/mol. The number of amides is 1. The lowest BCUT2D eigenvalue weighted by Gasteiger charge is -2.20. The van der Waals surface area contributed by atoms with Crippen LogP contribution in [0.1, 0.15) is 26.3 Å². The molecule has 0 aliphatic rings. The smallest absolute Gasteiger partial charge is 0.407 e. The van der Waals surface area contributed by atoms with Gasteiger partial charge in [0.1, 0.15) is 5.60 Å². The first-order valence-corrected chi connectivity index (χ1v) is 8.32. The summed E-state index contributed by atoms with van der Waals surface area (Å²) in [5.74, 6) is 0.604. The number of ether oxygens (including phenoxy) is 1. The van der Waals surface area contributed by atoms with Crippen LogP contribution in [0.5, 0.6) is 0 Å². The average Bonchev–Trinajstić information content (AvgIpc) is 2.46. The Morgan fingerprint density at radius 2 is 1.83 bits per heavy atom. The number of nitrogens with one attached hydrogen (secondary N) is 3. The number of hydrogen-bond donors (Lipinski definition) is 3. The molecule has 0 unspecified atom stereocenters. The van der Waals surface area contributed by atoms with E-state index < -0.39 is 11.7 Å². The van der Waals surface area contributed by atoms with Gasteiger partial charge in [0, 0.05) is 36.7 Å². The van der Waals surface area contributed by atoms with Gasteiger partial charge in [-0.25, -0.2) is 4.79 Å². The third-order valence-corrected chi connectivity index (χ3v) is 3.36. The van der Waals surface area contributed by atoms with Crippen LogP contribution in [0.2, 0.25) is 10.0 Å². The molecule has 0 fully saturated rings. The van der Waals surface area contributed by atoms with Crippen molar-refractivity contribution in [3.05, 3.63) is 33.8 Å². The van der Waals surface area contributed by atoms with E-state index in [0.717, 1.165) is 5.56 Å². The van der Waals surface area contributed by atoms with Gasteiger partial charge < -0.3 is 20.7 Å². The van der Waals surface area contributed by atoms with Crippen molar-refractivity contribution in [2.45, 2.75) is 32.9 Å². The van der Waals surface area contributed by atoms with Gasteiger partial charge in [0.2, 0.25) is 0 Å². The molecule has 0 aromatic heterocycles. The van der Waals surface area contributed by atoms with Gasteiger partial charge in [-0.3, -0.25) is 4.99 Å². The van der Waals surface area contributed by atoms with Crippen LogP contribution in [0.3, 0.4) is 0 Å². The maximum absolute atomic E-state index is 11.5. The zero-order valence-corrected chi connectivity index (χ0v) is 15.9. The Kier molecular flexibility index (Phi) is 8.15. The number of hydrogen-bond acceptors (Lipinski definition) is 3. The van der Waals surface area contributed by atoms with E-state index >= 15 is 0 Å². The van der Waals surface area contributed by atoms with Crippen molar-refractivity contribution in [2.75, 3.05) is 20.1 Å². The zero-order chi connectivity index (χ0) is 18.2. The number of carbonyl (C=O) groups excluding carboxylic acids is 1. The molecule has 1 rings (SSSR count). The summed E-state index contributed by atoms with van der Waals surface area (Å²) in [6.45, 7) is 6.88. The van der Waals surface area contributed by atoms with Gasteiger partial charge in [-0.15, -0.1) is 0 Å². The fourth-order valence-electron chi connectivity index (χ4n) is 1.72. The Morgan fingerprint density at radius 1 is 1.17 bits per heavy atom. The Hall–Kier alpha value is -1.66. The van der Waals surface area contributed by atoms with Crippen molar-refractivity contribution in [1.29, 1.82) is 0 Å². The molecule has 0 aliphatic heterocycles. The van der Waals surface area contributed by atoms with E-state index in [1.165, 1.54) is 0 Å². The lowest BCUT2D eigenvalue weighted by molar-refractivity contribution is 0.0529. The van der Waals surface area contributed by atoms with E-state index in [-0.39, 0.29) is 0 Å². The molecule has 0 aliphatic carbocycles.